The van der Waals surface area contributed by atoms with Crippen molar-refractivity contribution in [3.8, 4) is 11.5 Å². The third kappa shape index (κ3) is 11.9. The van der Waals surface area contributed by atoms with E-state index in [9.17, 15) is 19.2 Å². The molecule has 2 atom stereocenters. The van der Waals surface area contributed by atoms with Gasteiger partial charge in [-0.15, -0.1) is 11.3 Å². The number of rotatable bonds is 21. The van der Waals surface area contributed by atoms with Crippen LogP contribution < -0.4 is 30.0 Å². The van der Waals surface area contributed by atoms with Gasteiger partial charge in [0.05, 0.1) is 49.7 Å². The molecule has 0 saturated carbocycles. The summed E-state index contributed by atoms with van der Waals surface area (Å²) >= 11 is 1.41. The van der Waals surface area contributed by atoms with Crippen molar-refractivity contribution in [3.63, 3.8) is 0 Å². The van der Waals surface area contributed by atoms with Gasteiger partial charge in [0.1, 0.15) is 24.7 Å². The zero-order chi connectivity index (χ0) is 34.2. The maximum Gasteiger partial charge on any atom is 0.330 e. The number of carbonyl (C=O) groups is 3. The maximum absolute atomic E-state index is 13.3. The first-order valence-electron chi connectivity index (χ1n) is 15.0. The topological polar surface area (TPSA) is 154 Å². The third-order valence-corrected chi connectivity index (χ3v) is 7.80. The van der Waals surface area contributed by atoms with E-state index in [1.165, 1.54) is 18.4 Å². The zero-order valence-electron chi connectivity index (χ0n) is 26.8. The molecule has 1 heterocycles. The number of fused-ring (bicyclic) bond motifs is 2. The fourth-order valence-electron chi connectivity index (χ4n) is 4.32. The van der Waals surface area contributed by atoms with Crippen LogP contribution in [0, 0.1) is 0 Å². The highest BCUT2D eigenvalue weighted by Crippen LogP contribution is 2.32. The Morgan fingerprint density at radius 3 is 2.02 bits per heavy atom. The molecule has 256 valence electrons. The molecule has 3 rings (SSSR count). The highest BCUT2D eigenvalue weighted by Gasteiger charge is 2.19. The molecule has 1 amide bonds. The Kier molecular flexibility index (Phi) is 15.5. The summed E-state index contributed by atoms with van der Waals surface area (Å²) in [4.78, 5) is 48.8. The first kappa shape index (κ1) is 37.4. The van der Waals surface area contributed by atoms with Gasteiger partial charge in [0.15, 0.2) is 24.6 Å². The van der Waals surface area contributed by atoms with E-state index in [2.05, 4.69) is 18.5 Å². The summed E-state index contributed by atoms with van der Waals surface area (Å²) < 4.78 is 45.1. The molecule has 0 radical (unpaired) electrons. The summed E-state index contributed by atoms with van der Waals surface area (Å²) in [5, 5.41) is 3.88. The first-order valence-corrected chi connectivity index (χ1v) is 15.8. The van der Waals surface area contributed by atoms with Crippen molar-refractivity contribution >= 4 is 51.4 Å². The molecule has 1 aliphatic rings. The van der Waals surface area contributed by atoms with E-state index in [1.807, 2.05) is 12.2 Å². The number of hydrogen-bond donors (Lipinski definition) is 1. The number of methoxy groups -OCH3 is 1. The fourth-order valence-corrected chi connectivity index (χ4v) is 5.55. The molecule has 2 aromatic rings. The minimum absolute atomic E-state index is 0.00538. The van der Waals surface area contributed by atoms with Crippen molar-refractivity contribution in [2.75, 3.05) is 53.4 Å². The van der Waals surface area contributed by atoms with Gasteiger partial charge in [-0.3, -0.25) is 9.59 Å². The molecular weight excluding hydrogens is 634 g/mol. The lowest BCUT2D eigenvalue weighted by atomic mass is 10.1. The molecule has 0 spiro atoms. The monoisotopic (exact) mass is 675 g/mol. The number of carbonyl (C=O) groups excluding carboxylic acids is 3. The van der Waals surface area contributed by atoms with Crippen LogP contribution in [-0.2, 0) is 42.8 Å². The average Bonchev–Trinajstić information content (AvgIpc) is 3.08. The summed E-state index contributed by atoms with van der Waals surface area (Å²) in [5.74, 6) is -0.784. The van der Waals surface area contributed by atoms with Crippen LogP contribution in [0.4, 0.5) is 0 Å². The summed E-state index contributed by atoms with van der Waals surface area (Å²) in [6.07, 6.45) is 6.30. The van der Waals surface area contributed by atoms with E-state index < -0.39 is 36.5 Å². The van der Waals surface area contributed by atoms with Crippen LogP contribution in [0.2, 0.25) is 0 Å². The number of ether oxygens (including phenoxy) is 8. The summed E-state index contributed by atoms with van der Waals surface area (Å²) in [5.41, 5.74) is -0.142. The lowest BCUT2D eigenvalue weighted by molar-refractivity contribution is -0.168. The smallest absolute Gasteiger partial charge is 0.330 e. The lowest BCUT2D eigenvalue weighted by Crippen LogP contribution is -2.45. The lowest BCUT2D eigenvalue weighted by Gasteiger charge is -2.23. The molecule has 0 saturated heterocycles. The van der Waals surface area contributed by atoms with Gasteiger partial charge in [-0.05, 0) is 38.8 Å². The second-order valence-electron chi connectivity index (χ2n) is 10.0. The molecule has 2 unspecified atom stereocenters. The molecule has 0 fully saturated rings. The van der Waals surface area contributed by atoms with E-state index in [0.717, 1.165) is 29.5 Å². The third-order valence-electron chi connectivity index (χ3n) is 6.58. The highest BCUT2D eigenvalue weighted by molar-refractivity contribution is 7.17. The number of esters is 2. The van der Waals surface area contributed by atoms with Crippen LogP contribution in [0.3, 0.4) is 0 Å². The predicted molar refractivity (Wildman–Crippen MR) is 175 cm³/mol. The molecule has 14 heteroatoms. The maximum atomic E-state index is 13.3. The van der Waals surface area contributed by atoms with E-state index in [0.29, 0.717) is 26.8 Å². The van der Waals surface area contributed by atoms with Crippen molar-refractivity contribution in [2.24, 2.45) is 0 Å². The largest absolute Gasteiger partial charge is 0.496 e. The van der Waals surface area contributed by atoms with Gasteiger partial charge in [0.2, 0.25) is 0 Å². The van der Waals surface area contributed by atoms with Gasteiger partial charge in [-0.1, -0.05) is 25.3 Å². The van der Waals surface area contributed by atoms with Crippen LogP contribution in [-0.4, -0.2) is 89.8 Å². The normalized spacial score (nSPS) is 13.9. The van der Waals surface area contributed by atoms with Crippen molar-refractivity contribution in [1.29, 1.82) is 0 Å². The van der Waals surface area contributed by atoms with Crippen molar-refractivity contribution < 1.29 is 52.3 Å². The second-order valence-corrected chi connectivity index (χ2v) is 11.1. The summed E-state index contributed by atoms with van der Waals surface area (Å²) in [6, 6.07) is 2.66. The zero-order valence-corrected chi connectivity index (χ0v) is 27.6. The molecule has 1 N–H and O–H groups in total. The van der Waals surface area contributed by atoms with Crippen molar-refractivity contribution in [3.05, 3.63) is 57.4 Å². The van der Waals surface area contributed by atoms with Gasteiger partial charge in [0, 0.05) is 21.9 Å². The van der Waals surface area contributed by atoms with Gasteiger partial charge >= 0.3 is 11.9 Å². The van der Waals surface area contributed by atoms with E-state index in [-0.39, 0.29) is 51.7 Å². The molecule has 13 nitrogen and oxygen atoms in total. The van der Waals surface area contributed by atoms with Crippen LogP contribution in [0.1, 0.15) is 26.7 Å². The van der Waals surface area contributed by atoms with Gasteiger partial charge < -0.3 is 43.2 Å². The molecule has 1 aromatic carbocycles. The molecule has 0 bridgehead atoms. The quantitative estimate of drug-likeness (QED) is 0.0887. The van der Waals surface area contributed by atoms with Crippen LogP contribution in [0.15, 0.2) is 42.2 Å². The Balaban J connectivity index is 1.63. The minimum Gasteiger partial charge on any atom is -0.496 e. The molecular formula is C33H41NO12S. The van der Waals surface area contributed by atoms with Crippen LogP contribution >= 0.6 is 11.3 Å². The summed E-state index contributed by atoms with van der Waals surface area (Å²) in [7, 11) is 1.50. The van der Waals surface area contributed by atoms with Gasteiger partial charge in [0.25, 0.3) is 5.91 Å². The Labute approximate surface area is 276 Å². The first-order chi connectivity index (χ1) is 22.7. The Hall–Kier alpha value is -4.08. The van der Waals surface area contributed by atoms with Crippen molar-refractivity contribution in [1.82, 2.24) is 5.32 Å². The van der Waals surface area contributed by atoms with E-state index in [4.69, 9.17) is 37.9 Å². The number of benzene rings is 1. The van der Waals surface area contributed by atoms with Gasteiger partial charge in [-0.25, -0.2) is 9.59 Å². The molecule has 1 aromatic heterocycles. The van der Waals surface area contributed by atoms with Gasteiger partial charge in [-0.2, -0.15) is 0 Å². The minimum atomic E-state index is -0.699. The van der Waals surface area contributed by atoms with Crippen LogP contribution in [0.5, 0.6) is 11.5 Å². The molecule has 1 aliphatic carbocycles. The Morgan fingerprint density at radius 2 is 1.45 bits per heavy atom. The fraction of sp³-hybridized carbons (Fsp3) is 0.455. The molecule has 0 aliphatic heterocycles. The number of amides is 1. The second kappa shape index (κ2) is 19.6. The standard InChI is InChI=1S/C33H41NO12S/c1-6-29(36)42-16-14-40-21(3)44-18-23(19-45-22(4)41-15-17-43-30(37)7-2)34-28(35)20-46-26-13-12-25(39-5)31-32(38)24-10-8-9-11-27(24)47-33(26)31/h6-7,10-13,21-23H,1-2,8-9,14-20H2,3-5H3,(H,34,35). The van der Waals surface area contributed by atoms with Crippen molar-refractivity contribution in [2.45, 2.75) is 45.3 Å². The SMILES string of the molecule is C=CC(=O)OCCOC(C)OCC(COC(C)OCCOC(=O)C=C)NC(=O)COc1ccc(OC)c2c(=O)c3c(sc12)=CCCC=3. The number of nitrogens with one attached hydrogen (secondary N) is 1. The summed E-state index contributed by atoms with van der Waals surface area (Å²) in [6.45, 7) is 9.82. The predicted octanol–water partition coefficient (Wildman–Crippen LogP) is 1.71. The van der Waals surface area contributed by atoms with Crippen LogP contribution in [0.25, 0.3) is 22.2 Å². The Morgan fingerprint density at radius 1 is 0.872 bits per heavy atom. The number of hydrogen-bond acceptors (Lipinski definition) is 13. The Bertz CT molecular complexity index is 1550. The van der Waals surface area contributed by atoms with E-state index >= 15 is 0 Å². The highest BCUT2D eigenvalue weighted by atomic mass is 32.1. The van der Waals surface area contributed by atoms with E-state index in [1.54, 1.807) is 26.0 Å². The average molecular weight is 676 g/mol. The molecule has 47 heavy (non-hydrogen) atoms.